The van der Waals surface area contributed by atoms with E-state index in [1.165, 1.54) is 6.07 Å². The average molecular weight is 609 g/mol. The van der Waals surface area contributed by atoms with Gasteiger partial charge in [-0.3, -0.25) is 9.59 Å². The highest BCUT2D eigenvalue weighted by molar-refractivity contribution is 9.11. The molecule has 0 fully saturated rings. The van der Waals surface area contributed by atoms with Crippen molar-refractivity contribution in [3.8, 4) is 11.8 Å². The predicted molar refractivity (Wildman–Crippen MR) is 122 cm³/mol. The maximum atomic E-state index is 14.7. The standard InChI is InChI=1S/C21H15Br2F4N3O4/c1-9(31)12(8-28)20(33)29-16-7-17(34-10(2)21(25,26)27)11(6-15(16)24)19(32)30-18-13(22)4-3-5-14(18)23/h3-7,10,31H,1-2H3,(H,29,33)(H,30,32)/b12-9-/t10-/m0/s1. The van der Waals surface area contributed by atoms with Crippen LogP contribution in [0.15, 0.2) is 50.6 Å². The number of aliphatic hydroxyl groups is 1. The van der Waals surface area contributed by atoms with Crippen molar-refractivity contribution in [3.05, 3.63) is 62.0 Å². The normalized spacial score (nSPS) is 12.8. The Kier molecular flexibility index (Phi) is 8.68. The second-order valence-electron chi connectivity index (χ2n) is 6.71. The number of nitrogens with zero attached hydrogens (tertiary/aromatic N) is 1. The average Bonchev–Trinajstić information content (AvgIpc) is 2.72. The van der Waals surface area contributed by atoms with Crippen LogP contribution >= 0.6 is 31.9 Å². The number of benzene rings is 2. The Morgan fingerprint density at radius 3 is 2.26 bits per heavy atom. The van der Waals surface area contributed by atoms with Gasteiger partial charge in [-0.2, -0.15) is 18.4 Å². The van der Waals surface area contributed by atoms with Crippen LogP contribution in [-0.2, 0) is 4.79 Å². The second kappa shape index (κ2) is 10.9. The Labute approximate surface area is 207 Å². The Balaban J connectivity index is 2.54. The van der Waals surface area contributed by atoms with Crippen molar-refractivity contribution >= 4 is 55.0 Å². The number of rotatable bonds is 6. The van der Waals surface area contributed by atoms with E-state index in [0.717, 1.165) is 6.92 Å². The van der Waals surface area contributed by atoms with Crippen LogP contribution in [0.2, 0.25) is 0 Å². The maximum Gasteiger partial charge on any atom is 0.425 e. The molecule has 0 bridgehead atoms. The summed E-state index contributed by atoms with van der Waals surface area (Å²) >= 11 is 6.44. The molecule has 13 heteroatoms. The minimum Gasteiger partial charge on any atom is -0.511 e. The molecule has 7 nitrogen and oxygen atoms in total. The van der Waals surface area contributed by atoms with Gasteiger partial charge in [0.25, 0.3) is 11.8 Å². The lowest BCUT2D eigenvalue weighted by Crippen LogP contribution is -2.32. The van der Waals surface area contributed by atoms with Crippen LogP contribution in [0.5, 0.6) is 5.75 Å². The zero-order valence-electron chi connectivity index (χ0n) is 17.4. The summed E-state index contributed by atoms with van der Waals surface area (Å²) in [6.45, 7) is 1.72. The fourth-order valence-electron chi connectivity index (χ4n) is 2.46. The molecule has 0 saturated carbocycles. The molecule has 1 atom stereocenters. The van der Waals surface area contributed by atoms with E-state index in [4.69, 9.17) is 10.00 Å². The molecule has 34 heavy (non-hydrogen) atoms. The van der Waals surface area contributed by atoms with E-state index < -0.39 is 58.2 Å². The first kappa shape index (κ1) is 27.1. The number of aliphatic hydroxyl groups excluding tert-OH is 1. The van der Waals surface area contributed by atoms with Gasteiger partial charge in [-0.05, 0) is 63.9 Å². The monoisotopic (exact) mass is 607 g/mol. The van der Waals surface area contributed by atoms with Gasteiger partial charge in [0.15, 0.2) is 11.7 Å². The van der Waals surface area contributed by atoms with Crippen molar-refractivity contribution in [3.63, 3.8) is 0 Å². The smallest absolute Gasteiger partial charge is 0.425 e. The zero-order chi connectivity index (χ0) is 25.8. The molecule has 0 aliphatic heterocycles. The van der Waals surface area contributed by atoms with Gasteiger partial charge in [-0.1, -0.05) is 6.07 Å². The molecule has 2 aromatic rings. The molecule has 3 N–H and O–H groups in total. The molecule has 0 spiro atoms. The van der Waals surface area contributed by atoms with E-state index in [9.17, 15) is 32.3 Å². The van der Waals surface area contributed by atoms with Crippen LogP contribution in [-0.4, -0.2) is 29.2 Å². The number of carbonyl (C=O) groups is 2. The number of hydrogen-bond donors (Lipinski definition) is 3. The van der Waals surface area contributed by atoms with Crippen molar-refractivity contribution in [2.45, 2.75) is 26.1 Å². The van der Waals surface area contributed by atoms with Gasteiger partial charge in [0.1, 0.15) is 23.4 Å². The number of halogens is 6. The number of hydrogen-bond acceptors (Lipinski definition) is 5. The fraction of sp³-hybridized carbons (Fsp3) is 0.190. The van der Waals surface area contributed by atoms with Gasteiger partial charge in [0, 0.05) is 15.0 Å². The third-order valence-electron chi connectivity index (χ3n) is 4.23. The summed E-state index contributed by atoms with van der Waals surface area (Å²) in [6, 6.07) is 7.51. The summed E-state index contributed by atoms with van der Waals surface area (Å²) in [5.41, 5.74) is -1.79. The highest BCUT2D eigenvalue weighted by atomic mass is 79.9. The Morgan fingerprint density at radius 2 is 1.76 bits per heavy atom. The summed E-state index contributed by atoms with van der Waals surface area (Å²) in [5.74, 6) is -4.77. The van der Waals surface area contributed by atoms with E-state index in [1.54, 1.807) is 18.2 Å². The second-order valence-corrected chi connectivity index (χ2v) is 8.42. The van der Waals surface area contributed by atoms with E-state index in [0.29, 0.717) is 28.0 Å². The molecule has 2 rings (SSSR count). The van der Waals surface area contributed by atoms with Crippen LogP contribution in [0.1, 0.15) is 24.2 Å². The number of carbonyl (C=O) groups excluding carboxylic acids is 2. The summed E-state index contributed by atoms with van der Waals surface area (Å²) < 4.78 is 59.8. The molecule has 0 unspecified atom stereocenters. The minimum absolute atomic E-state index is 0.224. The third kappa shape index (κ3) is 6.48. The molecule has 0 aliphatic carbocycles. The summed E-state index contributed by atoms with van der Waals surface area (Å²) in [5, 5.41) is 22.7. The van der Waals surface area contributed by atoms with Crippen LogP contribution in [0.4, 0.5) is 28.9 Å². The molecule has 2 aromatic carbocycles. The first-order chi connectivity index (χ1) is 15.8. The van der Waals surface area contributed by atoms with Crippen molar-refractivity contribution in [2.24, 2.45) is 0 Å². The van der Waals surface area contributed by atoms with E-state index in [-0.39, 0.29) is 5.69 Å². The number of nitriles is 1. The lowest BCUT2D eigenvalue weighted by molar-refractivity contribution is -0.189. The lowest BCUT2D eigenvalue weighted by Gasteiger charge is -2.21. The van der Waals surface area contributed by atoms with Gasteiger partial charge in [-0.15, -0.1) is 0 Å². The molecule has 180 valence electrons. The summed E-state index contributed by atoms with van der Waals surface area (Å²) in [4.78, 5) is 25.0. The van der Waals surface area contributed by atoms with E-state index in [1.807, 2.05) is 5.32 Å². The molecular formula is C21H15Br2F4N3O4. The molecule has 0 heterocycles. The topological polar surface area (TPSA) is 111 Å². The number of alkyl halides is 3. The predicted octanol–water partition coefficient (Wildman–Crippen LogP) is 6.23. The molecule has 0 aliphatic rings. The van der Waals surface area contributed by atoms with Gasteiger partial charge >= 0.3 is 6.18 Å². The van der Waals surface area contributed by atoms with Crippen LogP contribution in [0.25, 0.3) is 0 Å². The minimum atomic E-state index is -4.82. The van der Waals surface area contributed by atoms with Crippen LogP contribution < -0.4 is 15.4 Å². The first-order valence-corrected chi connectivity index (χ1v) is 10.8. The van der Waals surface area contributed by atoms with E-state index >= 15 is 0 Å². The Morgan fingerprint density at radius 1 is 1.18 bits per heavy atom. The van der Waals surface area contributed by atoms with Crippen LogP contribution in [0.3, 0.4) is 0 Å². The third-order valence-corrected chi connectivity index (χ3v) is 5.55. The Bertz CT molecular complexity index is 1190. The van der Waals surface area contributed by atoms with E-state index in [2.05, 4.69) is 37.2 Å². The van der Waals surface area contributed by atoms with Crippen molar-refractivity contribution < 1.29 is 37.0 Å². The number of ether oxygens (including phenoxy) is 1. The maximum absolute atomic E-state index is 14.7. The van der Waals surface area contributed by atoms with Crippen molar-refractivity contribution in [1.29, 1.82) is 5.26 Å². The van der Waals surface area contributed by atoms with Crippen molar-refractivity contribution in [1.82, 2.24) is 0 Å². The Hall–Kier alpha value is -3.11. The number of amides is 2. The van der Waals surface area contributed by atoms with Crippen molar-refractivity contribution in [2.75, 3.05) is 10.6 Å². The summed E-state index contributed by atoms with van der Waals surface area (Å²) in [6.07, 6.45) is -7.21. The zero-order valence-corrected chi connectivity index (χ0v) is 20.5. The number of para-hydroxylation sites is 1. The molecule has 0 saturated heterocycles. The molecular weight excluding hydrogens is 594 g/mol. The van der Waals surface area contributed by atoms with Gasteiger partial charge in [-0.25, -0.2) is 4.39 Å². The fourth-order valence-corrected chi connectivity index (χ4v) is 3.66. The highest BCUT2D eigenvalue weighted by Gasteiger charge is 2.39. The quantitative estimate of drug-likeness (QED) is 0.156. The van der Waals surface area contributed by atoms with Gasteiger partial charge in [0.05, 0.1) is 16.9 Å². The molecule has 2 amide bonds. The largest absolute Gasteiger partial charge is 0.511 e. The SMILES string of the molecule is C/C(O)=C(\C#N)C(=O)Nc1cc(O[C@@H](C)C(F)(F)F)c(C(=O)Nc2c(Br)cccc2Br)cc1F. The number of nitrogens with one attached hydrogen (secondary N) is 2. The molecule has 0 radical (unpaired) electrons. The van der Waals surface area contributed by atoms with Crippen LogP contribution in [0, 0.1) is 17.1 Å². The van der Waals surface area contributed by atoms with Gasteiger partial charge < -0.3 is 20.5 Å². The summed E-state index contributed by atoms with van der Waals surface area (Å²) in [7, 11) is 0. The lowest BCUT2D eigenvalue weighted by atomic mass is 10.1. The first-order valence-electron chi connectivity index (χ1n) is 9.19. The number of allylic oxidation sites excluding steroid dienone is 1. The highest BCUT2D eigenvalue weighted by Crippen LogP contribution is 2.34. The number of anilines is 2. The van der Waals surface area contributed by atoms with Gasteiger partial charge in [0.2, 0.25) is 0 Å². The molecule has 0 aromatic heterocycles.